The van der Waals surface area contributed by atoms with E-state index >= 15 is 0 Å². The molecule has 0 aliphatic rings. The Balaban J connectivity index is 1.78. The van der Waals surface area contributed by atoms with Crippen LogP contribution in [0.1, 0.15) is 19.5 Å². The van der Waals surface area contributed by atoms with Crippen molar-refractivity contribution in [1.29, 1.82) is 0 Å². The Kier molecular flexibility index (Phi) is 4.08. The number of nitrogens with one attached hydrogen (secondary N) is 2. The number of benzene rings is 1. The molecule has 2 heterocycles. The number of nitrogens with zero attached hydrogens (tertiary/aromatic N) is 3. The number of nitrogens with two attached hydrogens (primary N) is 1. The molecule has 22 heavy (non-hydrogen) atoms. The predicted octanol–water partition coefficient (Wildman–Crippen LogP) is 2.79. The molecule has 116 valence electrons. The summed E-state index contributed by atoms with van der Waals surface area (Å²) in [5, 5.41) is 21.8. The molecule has 0 amide bonds. The highest BCUT2D eigenvalue weighted by molar-refractivity contribution is 7.18. The van der Waals surface area contributed by atoms with Crippen LogP contribution in [-0.2, 0) is 0 Å². The van der Waals surface area contributed by atoms with Gasteiger partial charge in [-0.15, -0.1) is 10.2 Å². The van der Waals surface area contributed by atoms with E-state index in [1.807, 2.05) is 19.1 Å². The third-order valence-electron chi connectivity index (χ3n) is 3.76. The minimum Gasteiger partial charge on any atom is -0.359 e. The summed E-state index contributed by atoms with van der Waals surface area (Å²) in [7, 11) is 0. The van der Waals surface area contributed by atoms with E-state index in [1.165, 1.54) is 11.3 Å². The Morgan fingerprint density at radius 1 is 1.32 bits per heavy atom. The fraction of sp³-hybridized carbons (Fsp3) is 0.400. The number of H-pyrrole nitrogens is 1. The molecule has 3 rings (SSSR count). The van der Waals surface area contributed by atoms with Crippen LogP contribution in [0, 0.1) is 12.8 Å². The highest BCUT2D eigenvalue weighted by Gasteiger charge is 2.11. The van der Waals surface area contributed by atoms with Crippen molar-refractivity contribution in [3.8, 4) is 10.6 Å². The third kappa shape index (κ3) is 2.95. The quantitative estimate of drug-likeness (QED) is 0.673. The van der Waals surface area contributed by atoms with Gasteiger partial charge in [0.1, 0.15) is 5.01 Å². The zero-order valence-corrected chi connectivity index (χ0v) is 13.7. The fourth-order valence-electron chi connectivity index (χ4n) is 2.12. The lowest BCUT2D eigenvalue weighted by Crippen LogP contribution is -2.33. The maximum absolute atomic E-state index is 6.03. The van der Waals surface area contributed by atoms with Crippen LogP contribution >= 0.6 is 11.3 Å². The molecule has 2 aromatic heterocycles. The monoisotopic (exact) mass is 316 g/mol. The Morgan fingerprint density at radius 3 is 2.91 bits per heavy atom. The molecule has 1 atom stereocenters. The van der Waals surface area contributed by atoms with E-state index in [0.29, 0.717) is 12.5 Å². The number of rotatable bonds is 5. The molecular formula is C15H20N6S. The molecule has 1 aromatic carbocycles. The fourth-order valence-corrected chi connectivity index (χ4v) is 2.87. The zero-order valence-electron chi connectivity index (χ0n) is 12.9. The van der Waals surface area contributed by atoms with Gasteiger partial charge in [-0.3, -0.25) is 5.10 Å². The van der Waals surface area contributed by atoms with Crippen molar-refractivity contribution in [3.63, 3.8) is 0 Å². The second-order valence-electron chi connectivity index (χ2n) is 5.78. The van der Waals surface area contributed by atoms with Crippen LogP contribution in [0.15, 0.2) is 18.2 Å². The average Bonchev–Trinajstić information content (AvgIpc) is 3.12. The minimum atomic E-state index is 0.109. The van der Waals surface area contributed by atoms with Gasteiger partial charge in [0.05, 0.1) is 5.52 Å². The molecule has 3 aromatic rings. The molecule has 0 spiro atoms. The van der Waals surface area contributed by atoms with E-state index in [0.717, 1.165) is 32.3 Å². The third-order valence-corrected chi connectivity index (χ3v) is 4.69. The first-order valence-electron chi connectivity index (χ1n) is 7.32. The van der Waals surface area contributed by atoms with Gasteiger partial charge in [-0.1, -0.05) is 25.2 Å². The first kappa shape index (κ1) is 14.9. The van der Waals surface area contributed by atoms with Gasteiger partial charge < -0.3 is 11.1 Å². The number of hydrogen-bond acceptors (Lipinski definition) is 6. The average molecular weight is 316 g/mol. The van der Waals surface area contributed by atoms with Gasteiger partial charge in [0.25, 0.3) is 0 Å². The number of aromatic nitrogens is 4. The normalized spacial score (nSPS) is 13.0. The van der Waals surface area contributed by atoms with Gasteiger partial charge in [0.15, 0.2) is 0 Å². The molecule has 0 aliphatic carbocycles. The predicted molar refractivity (Wildman–Crippen MR) is 91.0 cm³/mol. The second kappa shape index (κ2) is 6.02. The molecule has 0 aliphatic heterocycles. The van der Waals surface area contributed by atoms with Gasteiger partial charge in [-0.25, -0.2) is 0 Å². The summed E-state index contributed by atoms with van der Waals surface area (Å²) < 4.78 is 0. The van der Waals surface area contributed by atoms with Crippen LogP contribution in [0.2, 0.25) is 0 Å². The Hall–Kier alpha value is -1.99. The summed E-state index contributed by atoms with van der Waals surface area (Å²) in [6, 6.07) is 6.22. The van der Waals surface area contributed by atoms with E-state index in [4.69, 9.17) is 5.73 Å². The van der Waals surface area contributed by atoms with Crippen LogP contribution in [0.25, 0.3) is 21.5 Å². The van der Waals surface area contributed by atoms with Gasteiger partial charge in [-0.05, 0) is 31.0 Å². The molecule has 7 heteroatoms. The van der Waals surface area contributed by atoms with Gasteiger partial charge in [0, 0.05) is 29.2 Å². The van der Waals surface area contributed by atoms with Crippen molar-refractivity contribution in [3.05, 3.63) is 23.9 Å². The molecule has 6 nitrogen and oxygen atoms in total. The summed E-state index contributed by atoms with van der Waals surface area (Å²) in [4.78, 5) is 0. The van der Waals surface area contributed by atoms with Crippen LogP contribution in [-0.4, -0.2) is 33.0 Å². The van der Waals surface area contributed by atoms with E-state index in [1.54, 1.807) is 0 Å². The number of hydrogen-bond donors (Lipinski definition) is 3. The zero-order chi connectivity index (χ0) is 15.7. The van der Waals surface area contributed by atoms with Crippen molar-refractivity contribution in [2.45, 2.75) is 26.8 Å². The van der Waals surface area contributed by atoms with Gasteiger partial charge in [0.2, 0.25) is 5.13 Å². The standard InChI is InChI=1S/C15H20N6S/c1-8(2)12(16)7-17-15-21-20-14(22-15)10-4-5-13-11(6-10)9(3)18-19-13/h4-6,8,12H,7,16H2,1-3H3,(H,17,21)(H,18,19). The number of aromatic amines is 1. The summed E-state index contributed by atoms with van der Waals surface area (Å²) in [6.45, 7) is 6.94. The Bertz CT molecular complexity index is 775. The lowest BCUT2D eigenvalue weighted by atomic mass is 10.1. The Labute approximate surface area is 133 Å². The van der Waals surface area contributed by atoms with Crippen molar-refractivity contribution in [2.24, 2.45) is 11.7 Å². The second-order valence-corrected chi connectivity index (χ2v) is 6.76. The molecule has 0 fully saturated rings. The lowest BCUT2D eigenvalue weighted by Gasteiger charge is -2.15. The van der Waals surface area contributed by atoms with Crippen molar-refractivity contribution in [1.82, 2.24) is 20.4 Å². The van der Waals surface area contributed by atoms with Gasteiger partial charge >= 0.3 is 0 Å². The molecular weight excluding hydrogens is 296 g/mol. The molecule has 1 unspecified atom stereocenters. The van der Waals surface area contributed by atoms with Crippen molar-refractivity contribution in [2.75, 3.05) is 11.9 Å². The topological polar surface area (TPSA) is 92.5 Å². The van der Waals surface area contributed by atoms with Crippen LogP contribution in [0.4, 0.5) is 5.13 Å². The SMILES string of the molecule is Cc1[nH]nc2ccc(-c3nnc(NCC(N)C(C)C)s3)cc12. The van der Waals surface area contributed by atoms with Crippen LogP contribution in [0.5, 0.6) is 0 Å². The van der Waals surface area contributed by atoms with E-state index < -0.39 is 0 Å². The Morgan fingerprint density at radius 2 is 2.14 bits per heavy atom. The van der Waals surface area contributed by atoms with Gasteiger partial charge in [-0.2, -0.15) is 5.10 Å². The largest absolute Gasteiger partial charge is 0.359 e. The first-order chi connectivity index (χ1) is 10.5. The maximum atomic E-state index is 6.03. The van der Waals surface area contributed by atoms with E-state index in [-0.39, 0.29) is 6.04 Å². The van der Waals surface area contributed by atoms with E-state index in [2.05, 4.69) is 45.6 Å². The summed E-state index contributed by atoms with van der Waals surface area (Å²) in [5.74, 6) is 0.436. The minimum absolute atomic E-state index is 0.109. The van der Waals surface area contributed by atoms with Crippen LogP contribution in [0.3, 0.4) is 0 Å². The lowest BCUT2D eigenvalue weighted by molar-refractivity contribution is 0.511. The highest BCUT2D eigenvalue weighted by Crippen LogP contribution is 2.29. The molecule has 0 radical (unpaired) electrons. The number of fused-ring (bicyclic) bond motifs is 1. The number of anilines is 1. The maximum Gasteiger partial charge on any atom is 0.206 e. The summed E-state index contributed by atoms with van der Waals surface area (Å²) in [6.07, 6.45) is 0. The first-order valence-corrected chi connectivity index (χ1v) is 8.14. The summed E-state index contributed by atoms with van der Waals surface area (Å²) >= 11 is 1.54. The van der Waals surface area contributed by atoms with E-state index in [9.17, 15) is 0 Å². The molecule has 0 saturated heterocycles. The molecule has 0 bridgehead atoms. The van der Waals surface area contributed by atoms with Crippen molar-refractivity contribution < 1.29 is 0 Å². The summed E-state index contributed by atoms with van der Waals surface area (Å²) in [5.41, 5.74) is 9.11. The molecule has 4 N–H and O–H groups in total. The highest BCUT2D eigenvalue weighted by atomic mass is 32.1. The van der Waals surface area contributed by atoms with Crippen LogP contribution < -0.4 is 11.1 Å². The number of aryl methyl sites for hydroxylation is 1. The smallest absolute Gasteiger partial charge is 0.206 e. The van der Waals surface area contributed by atoms with Crippen molar-refractivity contribution >= 4 is 27.4 Å². The molecule has 0 saturated carbocycles.